The van der Waals surface area contributed by atoms with E-state index in [0.29, 0.717) is 5.75 Å². The fourth-order valence-electron chi connectivity index (χ4n) is 4.72. The van der Waals surface area contributed by atoms with Gasteiger partial charge in [-0.05, 0) is 67.5 Å². The van der Waals surface area contributed by atoms with Gasteiger partial charge in [-0.2, -0.15) is 0 Å². The van der Waals surface area contributed by atoms with Crippen LogP contribution < -0.4 is 15.0 Å². The molecule has 2 aromatic carbocycles. The number of benzene rings is 2. The Morgan fingerprint density at radius 1 is 1.09 bits per heavy atom. The minimum atomic E-state index is -0.801. The van der Waals surface area contributed by atoms with Crippen molar-refractivity contribution >= 4 is 28.8 Å². The fraction of sp³-hybridized carbons (Fsp3) is 0.357. The molecule has 1 fully saturated rings. The Bertz CT molecular complexity index is 1140. The summed E-state index contributed by atoms with van der Waals surface area (Å²) in [5.74, 6) is 0.394. The number of aryl methyl sites for hydroxylation is 2. The molecule has 0 radical (unpaired) electrons. The van der Waals surface area contributed by atoms with E-state index >= 15 is 0 Å². The zero-order valence-electron chi connectivity index (χ0n) is 20.0. The van der Waals surface area contributed by atoms with Gasteiger partial charge in [0.25, 0.3) is 0 Å². The van der Waals surface area contributed by atoms with Gasteiger partial charge in [0.1, 0.15) is 11.8 Å². The van der Waals surface area contributed by atoms with Gasteiger partial charge in [0.15, 0.2) is 0 Å². The van der Waals surface area contributed by atoms with Gasteiger partial charge in [-0.1, -0.05) is 48.7 Å². The molecule has 6 heteroatoms. The average Bonchev–Trinajstić information content (AvgIpc) is 3.52. The molecule has 1 aliphatic rings. The van der Waals surface area contributed by atoms with Gasteiger partial charge in [-0.15, -0.1) is 11.3 Å². The summed E-state index contributed by atoms with van der Waals surface area (Å²) >= 11 is 1.55. The maximum Gasteiger partial charge on any atom is 0.248 e. The van der Waals surface area contributed by atoms with Gasteiger partial charge in [-0.3, -0.25) is 14.5 Å². The van der Waals surface area contributed by atoms with Crippen LogP contribution >= 0.6 is 11.3 Å². The summed E-state index contributed by atoms with van der Waals surface area (Å²) in [4.78, 5) is 30.4. The second-order valence-electron chi connectivity index (χ2n) is 8.98. The van der Waals surface area contributed by atoms with Crippen molar-refractivity contribution in [3.8, 4) is 5.75 Å². The minimum Gasteiger partial charge on any atom is -0.497 e. The molecule has 1 aliphatic carbocycles. The van der Waals surface area contributed by atoms with E-state index in [-0.39, 0.29) is 24.3 Å². The molecule has 1 heterocycles. The highest BCUT2D eigenvalue weighted by molar-refractivity contribution is 7.10. The number of anilines is 1. The van der Waals surface area contributed by atoms with Crippen LogP contribution in [0.3, 0.4) is 0 Å². The van der Waals surface area contributed by atoms with E-state index in [1.807, 2.05) is 67.8 Å². The van der Waals surface area contributed by atoms with Crippen LogP contribution in [0.1, 0.15) is 53.3 Å². The van der Waals surface area contributed by atoms with Crippen LogP contribution in [0, 0.1) is 13.8 Å². The Balaban J connectivity index is 1.81. The van der Waals surface area contributed by atoms with Crippen molar-refractivity contribution in [2.24, 2.45) is 0 Å². The number of hydrogen-bond donors (Lipinski definition) is 1. The third kappa shape index (κ3) is 5.50. The SMILES string of the molecule is COc1cccc(C(C(=O)NC2CCCC2)N(C(=O)Cc2cccs2)c2ccc(C)cc2C)c1. The maximum atomic E-state index is 13.9. The maximum absolute atomic E-state index is 13.9. The minimum absolute atomic E-state index is 0.108. The van der Waals surface area contributed by atoms with Gasteiger partial charge in [0, 0.05) is 16.6 Å². The van der Waals surface area contributed by atoms with Crippen molar-refractivity contribution in [3.05, 3.63) is 81.5 Å². The monoisotopic (exact) mass is 476 g/mol. The largest absolute Gasteiger partial charge is 0.497 e. The van der Waals surface area contributed by atoms with Crippen molar-refractivity contribution in [1.29, 1.82) is 0 Å². The summed E-state index contributed by atoms with van der Waals surface area (Å²) in [6.45, 7) is 4.02. The van der Waals surface area contributed by atoms with Crippen molar-refractivity contribution < 1.29 is 14.3 Å². The lowest BCUT2D eigenvalue weighted by Gasteiger charge is -2.33. The zero-order valence-corrected chi connectivity index (χ0v) is 20.9. The molecule has 0 saturated heterocycles. The number of nitrogens with one attached hydrogen (secondary N) is 1. The highest BCUT2D eigenvalue weighted by Gasteiger charge is 2.35. The van der Waals surface area contributed by atoms with Gasteiger partial charge in [0.2, 0.25) is 11.8 Å². The molecule has 4 rings (SSSR count). The van der Waals surface area contributed by atoms with Crippen LogP contribution in [0.2, 0.25) is 0 Å². The van der Waals surface area contributed by atoms with Crippen molar-refractivity contribution in [2.75, 3.05) is 12.0 Å². The number of carbonyl (C=O) groups excluding carboxylic acids is 2. The summed E-state index contributed by atoms with van der Waals surface area (Å²) in [6.07, 6.45) is 4.43. The van der Waals surface area contributed by atoms with E-state index in [2.05, 4.69) is 11.4 Å². The molecule has 3 aromatic rings. The summed E-state index contributed by atoms with van der Waals surface area (Å²) < 4.78 is 5.46. The Hall–Kier alpha value is -3.12. The number of nitrogens with zero attached hydrogens (tertiary/aromatic N) is 1. The van der Waals surface area contributed by atoms with Crippen LogP contribution in [0.4, 0.5) is 5.69 Å². The van der Waals surface area contributed by atoms with Gasteiger partial charge >= 0.3 is 0 Å². The van der Waals surface area contributed by atoms with Crippen LogP contribution in [-0.4, -0.2) is 25.0 Å². The summed E-state index contributed by atoms with van der Waals surface area (Å²) in [7, 11) is 1.61. The van der Waals surface area contributed by atoms with Gasteiger partial charge < -0.3 is 10.1 Å². The first-order valence-electron chi connectivity index (χ1n) is 11.8. The van der Waals surface area contributed by atoms with Gasteiger partial charge in [0.05, 0.1) is 13.5 Å². The number of rotatable bonds is 8. The number of methoxy groups -OCH3 is 1. The van der Waals surface area contributed by atoms with E-state index in [9.17, 15) is 9.59 Å². The molecule has 0 spiro atoms. The van der Waals surface area contributed by atoms with Crippen LogP contribution in [0.15, 0.2) is 60.0 Å². The second kappa shape index (κ2) is 10.9. The van der Waals surface area contributed by atoms with Crippen molar-refractivity contribution in [2.45, 2.75) is 58.0 Å². The normalized spacial score (nSPS) is 14.6. The predicted octanol–water partition coefficient (Wildman–Crippen LogP) is 5.75. The molecule has 2 amide bonds. The Kier molecular flexibility index (Phi) is 7.68. The van der Waals surface area contributed by atoms with E-state index in [4.69, 9.17) is 4.74 Å². The van der Waals surface area contributed by atoms with Crippen molar-refractivity contribution in [1.82, 2.24) is 5.32 Å². The lowest BCUT2D eigenvalue weighted by Crippen LogP contribution is -2.47. The summed E-state index contributed by atoms with van der Waals surface area (Å²) in [6, 6.07) is 16.7. The van der Waals surface area contributed by atoms with E-state index in [1.54, 1.807) is 23.3 Å². The summed E-state index contributed by atoms with van der Waals surface area (Å²) in [5.41, 5.74) is 3.55. The molecule has 34 heavy (non-hydrogen) atoms. The number of thiophene rings is 1. The first kappa shape index (κ1) is 24.0. The van der Waals surface area contributed by atoms with Crippen molar-refractivity contribution in [3.63, 3.8) is 0 Å². The van der Waals surface area contributed by atoms with E-state index in [1.165, 1.54) is 0 Å². The molecule has 1 atom stereocenters. The van der Waals surface area contributed by atoms with E-state index in [0.717, 1.165) is 52.9 Å². The molecule has 1 saturated carbocycles. The predicted molar refractivity (Wildman–Crippen MR) is 138 cm³/mol. The lowest BCUT2D eigenvalue weighted by atomic mass is 9.99. The van der Waals surface area contributed by atoms with Crippen LogP contribution in [0.25, 0.3) is 0 Å². The van der Waals surface area contributed by atoms with Gasteiger partial charge in [-0.25, -0.2) is 0 Å². The first-order valence-corrected chi connectivity index (χ1v) is 12.7. The standard InChI is InChI=1S/C28H32N2O3S/c1-19-13-14-25(20(2)16-19)30(26(31)18-24-12-7-15-34-24)27(21-8-6-11-23(17-21)33-3)28(32)29-22-9-4-5-10-22/h6-8,11-17,22,27H,4-5,9-10,18H2,1-3H3,(H,29,32). The molecule has 0 bridgehead atoms. The highest BCUT2D eigenvalue weighted by Crippen LogP contribution is 2.34. The third-order valence-electron chi connectivity index (χ3n) is 6.40. The van der Waals surface area contributed by atoms with Crippen LogP contribution in [-0.2, 0) is 16.0 Å². The molecule has 1 N–H and O–H groups in total. The summed E-state index contributed by atoms with van der Waals surface area (Å²) in [5, 5.41) is 5.21. The first-order chi connectivity index (χ1) is 16.5. The molecule has 0 aliphatic heterocycles. The smallest absolute Gasteiger partial charge is 0.248 e. The zero-order chi connectivity index (χ0) is 24.1. The highest BCUT2D eigenvalue weighted by atomic mass is 32.1. The van der Waals surface area contributed by atoms with E-state index < -0.39 is 6.04 Å². The molecular formula is C28H32N2O3S. The van der Waals surface area contributed by atoms with Crippen LogP contribution in [0.5, 0.6) is 5.75 Å². The number of hydrogen-bond acceptors (Lipinski definition) is 4. The number of carbonyl (C=O) groups is 2. The molecule has 1 aromatic heterocycles. The second-order valence-corrected chi connectivity index (χ2v) is 10.0. The average molecular weight is 477 g/mol. The molecular weight excluding hydrogens is 444 g/mol. The third-order valence-corrected chi connectivity index (χ3v) is 7.28. The Morgan fingerprint density at radius 3 is 2.56 bits per heavy atom. The lowest BCUT2D eigenvalue weighted by molar-refractivity contribution is -0.127. The number of amides is 2. The quantitative estimate of drug-likeness (QED) is 0.450. The molecule has 1 unspecified atom stereocenters. The number of ether oxygens (including phenoxy) is 1. The Morgan fingerprint density at radius 2 is 1.88 bits per heavy atom. The molecule has 5 nitrogen and oxygen atoms in total. The fourth-order valence-corrected chi connectivity index (χ4v) is 5.42. The molecule has 178 valence electrons. The Labute approximate surface area is 205 Å². The topological polar surface area (TPSA) is 58.6 Å².